The Morgan fingerprint density at radius 3 is 2.71 bits per heavy atom. The molecule has 0 fully saturated rings. The van der Waals surface area contributed by atoms with Crippen molar-refractivity contribution < 1.29 is 9.53 Å². The van der Waals surface area contributed by atoms with Crippen LogP contribution in [0.15, 0.2) is 34.8 Å². The van der Waals surface area contributed by atoms with Gasteiger partial charge in [-0.25, -0.2) is 0 Å². The summed E-state index contributed by atoms with van der Waals surface area (Å²) in [5, 5.41) is 3.27. The van der Waals surface area contributed by atoms with E-state index in [1.165, 1.54) is 6.07 Å². The molecule has 0 saturated heterocycles. The number of hydrogen-bond donors (Lipinski definition) is 2. The first-order chi connectivity index (χ1) is 9.92. The number of hydrogen-bond acceptors (Lipinski definition) is 3. The van der Waals surface area contributed by atoms with Crippen LogP contribution in [0.25, 0.3) is 0 Å². The minimum atomic E-state index is -0.335. The fourth-order valence-electron chi connectivity index (χ4n) is 1.94. The first-order valence-electron chi connectivity index (χ1n) is 6.13. The Morgan fingerprint density at radius 1 is 1.33 bits per heavy atom. The number of carbonyl (C=O) groups excluding carboxylic acids is 1. The molecule has 0 aliphatic rings. The number of methoxy groups -OCH3 is 1. The summed E-state index contributed by atoms with van der Waals surface area (Å²) in [7, 11) is 1.55. The fourth-order valence-corrected chi connectivity index (χ4v) is 2.66. The second-order valence-corrected chi connectivity index (χ2v) is 5.84. The first kappa shape index (κ1) is 15.7. The van der Waals surface area contributed by atoms with Gasteiger partial charge in [0.15, 0.2) is 0 Å². The lowest BCUT2D eigenvalue weighted by atomic mass is 10.1. The third-order valence-corrected chi connectivity index (χ3v) is 3.68. The molecule has 3 N–H and O–H groups in total. The molecule has 2 rings (SSSR count). The van der Waals surface area contributed by atoms with E-state index in [4.69, 9.17) is 22.1 Å². The Bertz CT molecular complexity index is 704. The number of nitrogens with two attached hydrogens (primary N) is 1. The minimum absolute atomic E-state index is 0.326. The Hall–Kier alpha value is -1.72. The predicted molar refractivity (Wildman–Crippen MR) is 89.2 cm³/mol. The molecular formula is C15H14BrClN2O2. The molecule has 0 aromatic heterocycles. The molecule has 0 aliphatic carbocycles. The Morgan fingerprint density at radius 2 is 2.05 bits per heavy atom. The van der Waals surface area contributed by atoms with Crippen molar-refractivity contribution in [1.29, 1.82) is 0 Å². The number of rotatable bonds is 3. The van der Waals surface area contributed by atoms with Crippen molar-refractivity contribution in [2.75, 3.05) is 18.2 Å². The van der Waals surface area contributed by atoms with E-state index in [1.807, 2.05) is 13.0 Å². The molecule has 4 nitrogen and oxygen atoms in total. The number of aryl methyl sites for hydroxylation is 1. The lowest BCUT2D eigenvalue weighted by Gasteiger charge is -2.14. The van der Waals surface area contributed by atoms with Gasteiger partial charge >= 0.3 is 0 Å². The van der Waals surface area contributed by atoms with Gasteiger partial charge in [0, 0.05) is 15.2 Å². The van der Waals surface area contributed by atoms with Gasteiger partial charge in [-0.2, -0.15) is 0 Å². The number of benzene rings is 2. The van der Waals surface area contributed by atoms with Crippen molar-refractivity contribution in [3.8, 4) is 5.75 Å². The molecule has 21 heavy (non-hydrogen) atoms. The number of ether oxygens (including phenoxy) is 1. The number of anilines is 2. The summed E-state index contributed by atoms with van der Waals surface area (Å²) in [6.45, 7) is 1.88. The molecule has 2 aromatic carbocycles. The zero-order chi connectivity index (χ0) is 15.6. The molecule has 0 heterocycles. The highest BCUT2D eigenvalue weighted by molar-refractivity contribution is 9.10. The molecule has 2 aromatic rings. The smallest absolute Gasteiger partial charge is 0.257 e. The number of nitrogen functional groups attached to an aromatic ring is 1. The summed E-state index contributed by atoms with van der Waals surface area (Å²) in [5.74, 6) is 0.231. The van der Waals surface area contributed by atoms with Crippen molar-refractivity contribution in [3.05, 3.63) is 51.0 Å². The second-order valence-electron chi connectivity index (χ2n) is 4.49. The summed E-state index contributed by atoms with van der Waals surface area (Å²) in [5.41, 5.74) is 7.98. The van der Waals surface area contributed by atoms with Gasteiger partial charge in [-0.05, 0) is 42.8 Å². The van der Waals surface area contributed by atoms with Gasteiger partial charge < -0.3 is 15.8 Å². The number of carbonyl (C=O) groups is 1. The van der Waals surface area contributed by atoms with Gasteiger partial charge in [0.1, 0.15) is 5.75 Å². The van der Waals surface area contributed by atoms with Crippen molar-refractivity contribution in [2.45, 2.75) is 6.92 Å². The molecular weight excluding hydrogens is 356 g/mol. The van der Waals surface area contributed by atoms with Crippen LogP contribution in [-0.2, 0) is 0 Å². The molecule has 0 radical (unpaired) electrons. The molecule has 110 valence electrons. The van der Waals surface area contributed by atoms with Crippen LogP contribution in [-0.4, -0.2) is 13.0 Å². The average molecular weight is 370 g/mol. The Balaban J connectivity index is 2.38. The predicted octanol–water partition coefficient (Wildman–Crippen LogP) is 4.25. The van der Waals surface area contributed by atoms with Crippen molar-refractivity contribution >= 4 is 44.8 Å². The quantitative estimate of drug-likeness (QED) is 0.795. The van der Waals surface area contributed by atoms with Crippen molar-refractivity contribution in [2.24, 2.45) is 0 Å². The van der Waals surface area contributed by atoms with Crippen LogP contribution < -0.4 is 15.8 Å². The van der Waals surface area contributed by atoms with Gasteiger partial charge in [-0.3, -0.25) is 4.79 Å². The highest BCUT2D eigenvalue weighted by Gasteiger charge is 2.15. The van der Waals surface area contributed by atoms with Crippen LogP contribution >= 0.6 is 27.5 Å². The lowest BCUT2D eigenvalue weighted by Crippen LogP contribution is -2.15. The topological polar surface area (TPSA) is 64.3 Å². The highest BCUT2D eigenvalue weighted by atomic mass is 79.9. The van der Waals surface area contributed by atoms with Gasteiger partial charge in [0.05, 0.1) is 18.4 Å². The van der Waals surface area contributed by atoms with E-state index >= 15 is 0 Å². The molecule has 0 aliphatic heterocycles. The number of halogens is 2. The van der Waals surface area contributed by atoms with E-state index in [9.17, 15) is 4.79 Å². The molecule has 0 saturated carbocycles. The summed E-state index contributed by atoms with van der Waals surface area (Å²) in [4.78, 5) is 12.4. The van der Waals surface area contributed by atoms with Gasteiger partial charge in [-0.1, -0.05) is 27.5 Å². The normalized spacial score (nSPS) is 10.3. The number of amides is 1. The van der Waals surface area contributed by atoms with E-state index < -0.39 is 0 Å². The van der Waals surface area contributed by atoms with E-state index in [0.29, 0.717) is 27.7 Å². The summed E-state index contributed by atoms with van der Waals surface area (Å²) < 4.78 is 6.17. The number of nitrogens with one attached hydrogen (secondary N) is 1. The summed E-state index contributed by atoms with van der Waals surface area (Å²) in [6.07, 6.45) is 0. The monoisotopic (exact) mass is 368 g/mol. The van der Waals surface area contributed by atoms with Crippen LogP contribution in [0.3, 0.4) is 0 Å². The standard InChI is InChI=1S/C15H14BrClN2O2/c1-8-5-9(16)6-13(21-2)14(8)19-15(20)11-7-10(17)3-4-12(11)18/h3-7H,18H2,1-2H3,(H,19,20). The van der Waals surface area contributed by atoms with Crippen LogP contribution in [0.4, 0.5) is 11.4 Å². The van der Waals surface area contributed by atoms with Crippen LogP contribution in [0.5, 0.6) is 5.75 Å². The summed E-state index contributed by atoms with van der Waals surface area (Å²) >= 11 is 9.30. The zero-order valence-corrected chi connectivity index (χ0v) is 13.9. The van der Waals surface area contributed by atoms with E-state index in [0.717, 1.165) is 10.0 Å². The SMILES string of the molecule is COc1cc(Br)cc(C)c1NC(=O)c1cc(Cl)ccc1N. The van der Waals surface area contributed by atoms with Gasteiger partial charge in [0.2, 0.25) is 0 Å². The molecule has 6 heteroatoms. The van der Waals surface area contributed by atoms with E-state index in [2.05, 4.69) is 21.2 Å². The fraction of sp³-hybridized carbons (Fsp3) is 0.133. The maximum atomic E-state index is 12.4. The summed E-state index contributed by atoms with van der Waals surface area (Å²) in [6, 6.07) is 8.44. The van der Waals surface area contributed by atoms with Gasteiger partial charge in [-0.15, -0.1) is 0 Å². The maximum Gasteiger partial charge on any atom is 0.257 e. The second kappa shape index (κ2) is 6.37. The highest BCUT2D eigenvalue weighted by Crippen LogP contribution is 2.32. The largest absolute Gasteiger partial charge is 0.495 e. The molecule has 1 amide bonds. The van der Waals surface area contributed by atoms with E-state index in [-0.39, 0.29) is 5.91 Å². The lowest BCUT2D eigenvalue weighted by molar-refractivity contribution is 0.102. The van der Waals surface area contributed by atoms with Crippen molar-refractivity contribution in [1.82, 2.24) is 0 Å². The Kier molecular flexibility index (Phi) is 4.75. The van der Waals surface area contributed by atoms with Gasteiger partial charge in [0.25, 0.3) is 5.91 Å². The minimum Gasteiger partial charge on any atom is -0.495 e. The molecule has 0 atom stereocenters. The third kappa shape index (κ3) is 3.49. The zero-order valence-electron chi connectivity index (χ0n) is 11.5. The van der Waals surface area contributed by atoms with Crippen LogP contribution in [0.2, 0.25) is 5.02 Å². The molecule has 0 unspecified atom stereocenters. The molecule has 0 bridgehead atoms. The molecule has 0 spiro atoms. The maximum absolute atomic E-state index is 12.4. The first-order valence-corrected chi connectivity index (χ1v) is 7.30. The third-order valence-electron chi connectivity index (χ3n) is 2.98. The van der Waals surface area contributed by atoms with Crippen LogP contribution in [0.1, 0.15) is 15.9 Å². The average Bonchev–Trinajstić information content (AvgIpc) is 2.43. The Labute approximate surface area is 136 Å². The van der Waals surface area contributed by atoms with Crippen LogP contribution in [0, 0.1) is 6.92 Å². The van der Waals surface area contributed by atoms with Crippen molar-refractivity contribution in [3.63, 3.8) is 0 Å². The van der Waals surface area contributed by atoms with E-state index in [1.54, 1.807) is 25.3 Å².